The van der Waals surface area contributed by atoms with Crippen molar-refractivity contribution in [3.63, 3.8) is 0 Å². The number of aliphatic imine (C=N–C) groups is 1. The van der Waals surface area contributed by atoms with Crippen LogP contribution in [0.5, 0.6) is 0 Å². The molecule has 1 fully saturated rings. The predicted molar refractivity (Wildman–Crippen MR) is 117 cm³/mol. The molecular weight excluding hydrogens is 381 g/mol. The summed E-state index contributed by atoms with van der Waals surface area (Å²) < 4.78 is 15.8. The minimum Gasteiger partial charge on any atom is -0.356 e. The average molecular weight is 407 g/mol. The number of hydrogen-bond donors (Lipinski definition) is 2. The van der Waals surface area contributed by atoms with E-state index in [-0.39, 0.29) is 11.9 Å². The molecule has 1 aliphatic rings. The molecule has 0 amide bonds. The fraction of sp³-hybridized carbons (Fsp3) is 0.318. The minimum atomic E-state index is -0.281. The Bertz CT molecular complexity index is 986. The summed E-state index contributed by atoms with van der Waals surface area (Å²) >= 11 is 0. The van der Waals surface area contributed by atoms with E-state index in [2.05, 4.69) is 25.7 Å². The molecule has 2 N–H and O–H groups in total. The molecule has 7 nitrogen and oxygen atoms in total. The van der Waals surface area contributed by atoms with Gasteiger partial charge in [-0.1, -0.05) is 18.2 Å². The van der Waals surface area contributed by atoms with Gasteiger partial charge in [0.1, 0.15) is 0 Å². The van der Waals surface area contributed by atoms with Gasteiger partial charge < -0.3 is 15.5 Å². The molecule has 3 heterocycles. The second-order valence-electron chi connectivity index (χ2n) is 7.26. The average Bonchev–Trinajstić information content (AvgIpc) is 3.44. The second kappa shape index (κ2) is 9.39. The van der Waals surface area contributed by atoms with Gasteiger partial charge in [0.2, 0.25) is 0 Å². The SMILES string of the molecule is CN=C(NCCc1cnn(-c2ccccc2)c1)NC1CCN(c2ncccc2F)C1. The molecule has 8 heteroatoms. The van der Waals surface area contributed by atoms with Crippen LogP contribution in [0.2, 0.25) is 0 Å². The Hall–Kier alpha value is -3.42. The maximum absolute atomic E-state index is 14.0. The Balaban J connectivity index is 1.25. The number of guanidine groups is 1. The van der Waals surface area contributed by atoms with E-state index in [1.54, 1.807) is 19.3 Å². The number of anilines is 1. The summed E-state index contributed by atoms with van der Waals surface area (Å²) in [6.07, 6.45) is 7.30. The Morgan fingerprint density at radius 3 is 2.90 bits per heavy atom. The summed E-state index contributed by atoms with van der Waals surface area (Å²) in [5.74, 6) is 0.885. The molecule has 0 bridgehead atoms. The molecular formula is C22H26FN7. The quantitative estimate of drug-likeness (QED) is 0.485. The molecule has 1 aromatic carbocycles. The molecule has 1 atom stereocenters. The lowest BCUT2D eigenvalue weighted by Crippen LogP contribution is -2.45. The summed E-state index contributed by atoms with van der Waals surface area (Å²) in [5.41, 5.74) is 2.20. The molecule has 3 aromatic rings. The van der Waals surface area contributed by atoms with E-state index in [0.717, 1.165) is 43.1 Å². The molecule has 156 valence electrons. The van der Waals surface area contributed by atoms with Gasteiger partial charge in [0.25, 0.3) is 0 Å². The van der Waals surface area contributed by atoms with Crippen LogP contribution in [0.3, 0.4) is 0 Å². The molecule has 2 aromatic heterocycles. The highest BCUT2D eigenvalue weighted by atomic mass is 19.1. The van der Waals surface area contributed by atoms with Crippen molar-refractivity contribution in [3.8, 4) is 5.69 Å². The number of rotatable bonds is 6. The summed E-state index contributed by atoms with van der Waals surface area (Å²) in [6.45, 7) is 2.20. The fourth-order valence-electron chi connectivity index (χ4n) is 3.60. The zero-order valence-corrected chi connectivity index (χ0v) is 17.0. The summed E-state index contributed by atoms with van der Waals surface area (Å²) in [4.78, 5) is 10.5. The number of para-hydroxylation sites is 1. The van der Waals surface area contributed by atoms with E-state index >= 15 is 0 Å². The van der Waals surface area contributed by atoms with E-state index < -0.39 is 0 Å². The number of nitrogens with zero attached hydrogens (tertiary/aromatic N) is 5. The van der Waals surface area contributed by atoms with Crippen molar-refractivity contribution in [3.05, 3.63) is 72.4 Å². The van der Waals surface area contributed by atoms with Crippen molar-refractivity contribution in [1.29, 1.82) is 0 Å². The van der Waals surface area contributed by atoms with E-state index in [1.807, 2.05) is 52.3 Å². The van der Waals surface area contributed by atoms with E-state index in [9.17, 15) is 4.39 Å². The first-order chi connectivity index (χ1) is 14.7. The number of nitrogens with one attached hydrogen (secondary N) is 2. The van der Waals surface area contributed by atoms with Gasteiger partial charge in [-0.2, -0.15) is 5.10 Å². The van der Waals surface area contributed by atoms with Gasteiger partial charge in [0.05, 0.1) is 11.9 Å². The van der Waals surface area contributed by atoms with Crippen molar-refractivity contribution in [2.75, 3.05) is 31.6 Å². The number of aromatic nitrogens is 3. The highest BCUT2D eigenvalue weighted by Gasteiger charge is 2.25. The van der Waals surface area contributed by atoms with Crippen LogP contribution in [0.25, 0.3) is 5.69 Å². The molecule has 1 unspecified atom stereocenters. The maximum Gasteiger partial charge on any atom is 0.191 e. The monoisotopic (exact) mass is 407 g/mol. The van der Waals surface area contributed by atoms with Crippen LogP contribution in [0.1, 0.15) is 12.0 Å². The third-order valence-corrected chi connectivity index (χ3v) is 5.15. The molecule has 0 spiro atoms. The summed E-state index contributed by atoms with van der Waals surface area (Å²) in [5, 5.41) is 11.2. The molecule has 4 rings (SSSR count). The highest BCUT2D eigenvalue weighted by molar-refractivity contribution is 5.80. The number of halogens is 1. The zero-order chi connectivity index (χ0) is 20.8. The Labute approximate surface area is 175 Å². The molecule has 0 radical (unpaired) electrons. The van der Waals surface area contributed by atoms with Crippen molar-refractivity contribution in [2.45, 2.75) is 18.9 Å². The van der Waals surface area contributed by atoms with Gasteiger partial charge in [-0.05, 0) is 42.7 Å². The normalized spacial score (nSPS) is 16.7. The van der Waals surface area contributed by atoms with Gasteiger partial charge in [-0.3, -0.25) is 4.99 Å². The summed E-state index contributed by atoms with van der Waals surface area (Å²) in [7, 11) is 1.76. The van der Waals surface area contributed by atoms with Crippen LogP contribution < -0.4 is 15.5 Å². The largest absolute Gasteiger partial charge is 0.356 e. The lowest BCUT2D eigenvalue weighted by molar-refractivity contribution is 0.612. The van der Waals surface area contributed by atoms with Crippen LogP contribution >= 0.6 is 0 Å². The van der Waals surface area contributed by atoms with E-state index in [4.69, 9.17) is 0 Å². The molecule has 0 aliphatic carbocycles. The van der Waals surface area contributed by atoms with Crippen LogP contribution in [-0.4, -0.2) is 53.4 Å². The van der Waals surface area contributed by atoms with Crippen LogP contribution in [0, 0.1) is 5.82 Å². The second-order valence-corrected chi connectivity index (χ2v) is 7.26. The lowest BCUT2D eigenvalue weighted by atomic mass is 10.2. The smallest absolute Gasteiger partial charge is 0.191 e. The standard InChI is InChI=1S/C22H26FN7/c1-24-22(28-18-10-13-29(16-18)21-20(23)8-5-11-25-21)26-12-9-17-14-27-30(15-17)19-6-3-2-4-7-19/h2-8,11,14-15,18H,9-10,12-13,16H2,1H3,(H2,24,26,28). The van der Waals surface area contributed by atoms with Gasteiger partial charge in [-0.15, -0.1) is 0 Å². The first-order valence-corrected chi connectivity index (χ1v) is 10.1. The molecule has 1 saturated heterocycles. The Kier molecular flexibility index (Phi) is 6.22. The van der Waals surface area contributed by atoms with Crippen molar-refractivity contribution < 1.29 is 4.39 Å². The van der Waals surface area contributed by atoms with Gasteiger partial charge >= 0.3 is 0 Å². The van der Waals surface area contributed by atoms with E-state index in [1.165, 1.54) is 6.07 Å². The van der Waals surface area contributed by atoms with Crippen molar-refractivity contribution >= 4 is 11.8 Å². The van der Waals surface area contributed by atoms with Gasteiger partial charge in [0.15, 0.2) is 17.6 Å². The van der Waals surface area contributed by atoms with Crippen LogP contribution in [0.15, 0.2) is 66.0 Å². The molecule has 30 heavy (non-hydrogen) atoms. The number of hydrogen-bond acceptors (Lipinski definition) is 4. The molecule has 0 saturated carbocycles. The van der Waals surface area contributed by atoms with Crippen molar-refractivity contribution in [2.24, 2.45) is 4.99 Å². The maximum atomic E-state index is 14.0. The highest BCUT2D eigenvalue weighted by Crippen LogP contribution is 2.20. The third kappa shape index (κ3) is 4.76. The predicted octanol–water partition coefficient (Wildman–Crippen LogP) is 2.39. The first kappa shape index (κ1) is 19.9. The fourth-order valence-corrected chi connectivity index (χ4v) is 3.60. The van der Waals surface area contributed by atoms with Gasteiger partial charge in [-0.25, -0.2) is 14.1 Å². The molecule has 1 aliphatic heterocycles. The minimum absolute atomic E-state index is 0.193. The van der Waals surface area contributed by atoms with E-state index in [0.29, 0.717) is 12.4 Å². The number of pyridine rings is 1. The third-order valence-electron chi connectivity index (χ3n) is 5.15. The van der Waals surface area contributed by atoms with Crippen LogP contribution in [-0.2, 0) is 6.42 Å². The summed E-state index contributed by atoms with van der Waals surface area (Å²) in [6, 6.07) is 13.3. The van der Waals surface area contributed by atoms with Gasteiger partial charge in [0, 0.05) is 45.1 Å². The Morgan fingerprint density at radius 2 is 2.10 bits per heavy atom. The van der Waals surface area contributed by atoms with Crippen molar-refractivity contribution in [1.82, 2.24) is 25.4 Å². The first-order valence-electron chi connectivity index (χ1n) is 10.1. The lowest BCUT2D eigenvalue weighted by Gasteiger charge is -2.19. The zero-order valence-electron chi connectivity index (χ0n) is 17.0. The van der Waals surface area contributed by atoms with Crippen LogP contribution in [0.4, 0.5) is 10.2 Å². The topological polar surface area (TPSA) is 70.4 Å². The Morgan fingerprint density at radius 1 is 1.23 bits per heavy atom. The number of benzene rings is 1.